The maximum atomic E-state index is 14.0. The largest absolute Gasteiger partial charge is 0.444 e. The van der Waals surface area contributed by atoms with Crippen LogP contribution in [0.1, 0.15) is 16.8 Å². The van der Waals surface area contributed by atoms with Crippen molar-refractivity contribution in [3.05, 3.63) is 71.1 Å². The van der Waals surface area contributed by atoms with E-state index in [9.17, 15) is 17.2 Å². The lowest BCUT2D eigenvalue weighted by atomic mass is 10.1. The van der Waals surface area contributed by atoms with Crippen LogP contribution in [0.5, 0.6) is 0 Å². The summed E-state index contributed by atoms with van der Waals surface area (Å²) in [6.45, 7) is 5.64. The smallest absolute Gasteiger partial charge is 0.249 e. The van der Waals surface area contributed by atoms with Crippen LogP contribution < -0.4 is 0 Å². The number of aromatic nitrogens is 1. The first-order chi connectivity index (χ1) is 14.8. The Labute approximate surface area is 180 Å². The van der Waals surface area contributed by atoms with Crippen LogP contribution in [0.15, 0.2) is 52.0 Å². The van der Waals surface area contributed by atoms with E-state index in [4.69, 9.17) is 4.42 Å². The third kappa shape index (κ3) is 4.39. The molecule has 31 heavy (non-hydrogen) atoms. The molecule has 9 heteroatoms. The van der Waals surface area contributed by atoms with Crippen LogP contribution in [-0.4, -0.2) is 48.8 Å². The Balaban J connectivity index is 1.42. The second kappa shape index (κ2) is 8.49. The van der Waals surface area contributed by atoms with Crippen LogP contribution in [0.4, 0.5) is 8.78 Å². The third-order valence-electron chi connectivity index (χ3n) is 5.40. The van der Waals surface area contributed by atoms with Gasteiger partial charge in [0.25, 0.3) is 0 Å². The van der Waals surface area contributed by atoms with Crippen LogP contribution in [0.2, 0.25) is 0 Å². The summed E-state index contributed by atoms with van der Waals surface area (Å²) in [6, 6.07) is 9.09. The van der Waals surface area contributed by atoms with Crippen LogP contribution in [0.3, 0.4) is 0 Å². The van der Waals surface area contributed by atoms with Gasteiger partial charge in [0.15, 0.2) is 4.90 Å². The molecule has 0 spiro atoms. The molecule has 1 saturated heterocycles. The summed E-state index contributed by atoms with van der Waals surface area (Å²) >= 11 is 0. The fraction of sp³-hybridized carbons (Fsp3) is 0.318. The van der Waals surface area contributed by atoms with Gasteiger partial charge >= 0.3 is 0 Å². The molecule has 0 bridgehead atoms. The lowest BCUT2D eigenvalue weighted by Gasteiger charge is -2.33. The van der Waals surface area contributed by atoms with Gasteiger partial charge in [0.05, 0.1) is 5.69 Å². The van der Waals surface area contributed by atoms with Crippen molar-refractivity contribution >= 4 is 10.0 Å². The second-order valence-electron chi connectivity index (χ2n) is 7.69. The summed E-state index contributed by atoms with van der Waals surface area (Å²) in [4.78, 5) is 5.71. The summed E-state index contributed by atoms with van der Waals surface area (Å²) in [5, 5.41) is 0. The topological polar surface area (TPSA) is 66.7 Å². The molecule has 4 rings (SSSR count). The first kappa shape index (κ1) is 21.6. The van der Waals surface area contributed by atoms with E-state index >= 15 is 0 Å². The standard InChI is InChI=1S/C22H23F2N3O3S/c1-15-6-7-18(16(2)12-15)22-25-17(14-30-22)13-26-8-10-27(11-9-26)31(28,29)21-19(23)4-3-5-20(21)24/h3-7,12,14H,8-11,13H2,1-2H3. The number of aryl methyl sites for hydroxylation is 2. The summed E-state index contributed by atoms with van der Waals surface area (Å²) in [5.74, 6) is -1.61. The summed E-state index contributed by atoms with van der Waals surface area (Å²) in [6.07, 6.45) is 1.60. The van der Waals surface area contributed by atoms with Crippen molar-refractivity contribution in [3.8, 4) is 11.5 Å². The molecular formula is C22H23F2N3O3S. The van der Waals surface area contributed by atoms with E-state index in [-0.39, 0.29) is 13.1 Å². The number of nitrogens with zero attached hydrogens (tertiary/aromatic N) is 3. The van der Waals surface area contributed by atoms with E-state index in [1.807, 2.05) is 30.9 Å². The summed E-state index contributed by atoms with van der Waals surface area (Å²) < 4.78 is 60.2. The Hall–Kier alpha value is -2.62. The molecule has 1 fully saturated rings. The number of oxazole rings is 1. The SMILES string of the molecule is Cc1ccc(-c2nc(CN3CCN(S(=O)(=O)c4c(F)cccc4F)CC3)co2)c(C)c1. The van der Waals surface area contributed by atoms with Gasteiger partial charge in [-0.25, -0.2) is 22.2 Å². The number of sulfonamides is 1. The molecule has 164 valence electrons. The molecule has 0 atom stereocenters. The fourth-order valence-electron chi connectivity index (χ4n) is 3.77. The highest BCUT2D eigenvalue weighted by atomic mass is 32.2. The van der Waals surface area contributed by atoms with E-state index < -0.39 is 26.6 Å². The number of benzene rings is 2. The fourth-order valence-corrected chi connectivity index (χ4v) is 5.30. The zero-order valence-corrected chi connectivity index (χ0v) is 18.1. The molecule has 0 radical (unpaired) electrons. The van der Waals surface area contributed by atoms with Crippen LogP contribution >= 0.6 is 0 Å². The van der Waals surface area contributed by atoms with Crippen LogP contribution in [0.25, 0.3) is 11.5 Å². The second-order valence-corrected chi connectivity index (χ2v) is 9.57. The van der Waals surface area contributed by atoms with E-state index in [0.717, 1.165) is 44.9 Å². The van der Waals surface area contributed by atoms with Gasteiger partial charge in [-0.3, -0.25) is 4.90 Å². The normalized spacial score (nSPS) is 16.0. The molecule has 2 aromatic carbocycles. The van der Waals surface area contributed by atoms with E-state index in [2.05, 4.69) is 11.1 Å². The van der Waals surface area contributed by atoms with Crippen molar-refractivity contribution in [2.45, 2.75) is 25.3 Å². The van der Waals surface area contributed by atoms with Gasteiger partial charge in [-0.05, 0) is 37.6 Å². The zero-order chi connectivity index (χ0) is 22.2. The van der Waals surface area contributed by atoms with Crippen molar-refractivity contribution in [2.24, 2.45) is 0 Å². The lowest BCUT2D eigenvalue weighted by Crippen LogP contribution is -2.48. The number of hydrogen-bond donors (Lipinski definition) is 0. The molecule has 1 aliphatic heterocycles. The minimum absolute atomic E-state index is 0.137. The van der Waals surface area contributed by atoms with Crippen molar-refractivity contribution < 1.29 is 21.6 Å². The molecule has 0 unspecified atom stereocenters. The van der Waals surface area contributed by atoms with Crippen LogP contribution in [0, 0.1) is 25.5 Å². The Morgan fingerprint density at radius 3 is 2.35 bits per heavy atom. The van der Waals surface area contributed by atoms with Gasteiger partial charge in [-0.2, -0.15) is 4.31 Å². The molecule has 0 aliphatic carbocycles. The molecular weight excluding hydrogens is 424 g/mol. The van der Waals surface area contributed by atoms with E-state index in [0.29, 0.717) is 25.5 Å². The van der Waals surface area contributed by atoms with Crippen molar-refractivity contribution in [3.63, 3.8) is 0 Å². The van der Waals surface area contributed by atoms with E-state index in [1.54, 1.807) is 6.26 Å². The summed E-state index contributed by atoms with van der Waals surface area (Å²) in [7, 11) is -4.24. The number of hydrogen-bond acceptors (Lipinski definition) is 5. The molecule has 1 aromatic heterocycles. The number of piperazine rings is 1. The Morgan fingerprint density at radius 1 is 1.03 bits per heavy atom. The predicted octanol–water partition coefficient (Wildman–Crippen LogP) is 3.74. The predicted molar refractivity (Wildman–Crippen MR) is 112 cm³/mol. The molecule has 0 saturated carbocycles. The maximum absolute atomic E-state index is 14.0. The summed E-state index contributed by atoms with van der Waals surface area (Å²) in [5.41, 5.74) is 3.91. The molecule has 2 heterocycles. The lowest BCUT2D eigenvalue weighted by molar-refractivity contribution is 0.179. The minimum atomic E-state index is -4.24. The third-order valence-corrected chi connectivity index (χ3v) is 7.35. The van der Waals surface area contributed by atoms with E-state index in [1.165, 1.54) is 0 Å². The van der Waals surface area contributed by atoms with Gasteiger partial charge in [-0.15, -0.1) is 0 Å². The van der Waals surface area contributed by atoms with Gasteiger partial charge in [-0.1, -0.05) is 23.8 Å². The quantitative estimate of drug-likeness (QED) is 0.596. The van der Waals surface area contributed by atoms with Crippen molar-refractivity contribution in [1.82, 2.24) is 14.2 Å². The Morgan fingerprint density at radius 2 is 1.71 bits per heavy atom. The Kier molecular flexibility index (Phi) is 5.92. The zero-order valence-electron chi connectivity index (χ0n) is 17.3. The van der Waals surface area contributed by atoms with Crippen molar-refractivity contribution in [2.75, 3.05) is 26.2 Å². The molecule has 1 aliphatic rings. The highest BCUT2D eigenvalue weighted by molar-refractivity contribution is 7.89. The first-order valence-corrected chi connectivity index (χ1v) is 11.4. The first-order valence-electron chi connectivity index (χ1n) is 9.94. The minimum Gasteiger partial charge on any atom is -0.444 e. The van der Waals surface area contributed by atoms with Gasteiger partial charge in [0.2, 0.25) is 15.9 Å². The van der Waals surface area contributed by atoms with Crippen molar-refractivity contribution in [1.29, 1.82) is 0 Å². The highest BCUT2D eigenvalue weighted by Gasteiger charge is 2.33. The molecule has 3 aromatic rings. The van der Waals surface area contributed by atoms with Crippen LogP contribution in [-0.2, 0) is 16.6 Å². The molecule has 6 nitrogen and oxygen atoms in total. The Bertz CT molecular complexity index is 1180. The molecule has 0 N–H and O–H groups in total. The number of rotatable bonds is 5. The van der Waals surface area contributed by atoms with Gasteiger partial charge < -0.3 is 4.42 Å². The molecule has 0 amide bonds. The monoisotopic (exact) mass is 447 g/mol. The highest BCUT2D eigenvalue weighted by Crippen LogP contribution is 2.26. The van der Waals surface area contributed by atoms with Gasteiger partial charge in [0.1, 0.15) is 17.9 Å². The average molecular weight is 448 g/mol. The maximum Gasteiger partial charge on any atom is 0.249 e. The van der Waals surface area contributed by atoms with Gasteiger partial charge in [0, 0.05) is 38.3 Å². The number of halogens is 2. The average Bonchev–Trinajstić information content (AvgIpc) is 3.16.